The second-order valence-corrected chi connectivity index (χ2v) is 21.0. The number of aryl methyl sites for hydroxylation is 4. The van der Waals surface area contributed by atoms with E-state index in [4.69, 9.17) is 0 Å². The molecular formula is C72H66N2. The molecule has 1 aliphatic carbocycles. The number of allylic oxidation sites excluding steroid dienone is 2. The van der Waals surface area contributed by atoms with Crippen LogP contribution in [0.25, 0.3) is 76.1 Å². The summed E-state index contributed by atoms with van der Waals surface area (Å²) in [5.41, 5.74) is 21.9. The normalized spacial score (nSPS) is 14.0. The van der Waals surface area contributed by atoms with E-state index in [0.717, 1.165) is 37.8 Å². The van der Waals surface area contributed by atoms with Crippen LogP contribution in [0.2, 0.25) is 0 Å². The lowest BCUT2D eigenvalue weighted by atomic mass is 9.84. The number of benzene rings is 11. The Labute approximate surface area is 438 Å². The minimum atomic E-state index is 0.114. The first-order valence-electron chi connectivity index (χ1n) is 27.2. The molecule has 0 N–H and O–H groups in total. The van der Waals surface area contributed by atoms with Crippen molar-refractivity contribution in [1.82, 2.24) is 0 Å². The summed E-state index contributed by atoms with van der Waals surface area (Å²) in [7, 11) is 0. The molecule has 0 aromatic heterocycles. The topological polar surface area (TPSA) is 6.48 Å². The SMILES string of the molecule is CCC1=C(C)CC(N(c2ccc(CC)cc2)c2cc(-c3ccc4ccccc4c3)c3ccc4c(N(c5ccc(CC)cc5)c5cc(C)c(CC)c(C)c5)cc(-c5ccc6ccccc6c5)c5ccc2c3c54)C=C1C. The van der Waals surface area contributed by atoms with Gasteiger partial charge < -0.3 is 9.80 Å². The highest BCUT2D eigenvalue weighted by molar-refractivity contribution is 6.32. The lowest BCUT2D eigenvalue weighted by Gasteiger charge is -2.37. The van der Waals surface area contributed by atoms with Crippen LogP contribution in [0.1, 0.15) is 82.2 Å². The molecule has 11 aromatic carbocycles. The summed E-state index contributed by atoms with van der Waals surface area (Å²) >= 11 is 0. The molecule has 0 saturated heterocycles. The van der Waals surface area contributed by atoms with Crippen molar-refractivity contribution in [2.45, 2.75) is 93.5 Å². The number of nitrogens with zero attached hydrogens (tertiary/aromatic N) is 2. The molecule has 1 unspecified atom stereocenters. The number of hydrogen-bond donors (Lipinski definition) is 0. The van der Waals surface area contributed by atoms with Crippen LogP contribution in [0.5, 0.6) is 0 Å². The molecule has 0 spiro atoms. The maximum Gasteiger partial charge on any atom is 0.0565 e. The van der Waals surface area contributed by atoms with E-state index in [0.29, 0.717) is 0 Å². The van der Waals surface area contributed by atoms with Crippen LogP contribution in [0.15, 0.2) is 205 Å². The fourth-order valence-corrected chi connectivity index (χ4v) is 12.9. The van der Waals surface area contributed by atoms with Gasteiger partial charge >= 0.3 is 0 Å². The van der Waals surface area contributed by atoms with E-state index in [1.165, 1.54) is 143 Å². The molecule has 1 atom stereocenters. The molecule has 0 saturated carbocycles. The maximum absolute atomic E-state index is 2.68. The van der Waals surface area contributed by atoms with Crippen molar-refractivity contribution in [3.63, 3.8) is 0 Å². The van der Waals surface area contributed by atoms with E-state index in [2.05, 4.69) is 253 Å². The number of fused-ring (bicyclic) bond motifs is 2. The van der Waals surface area contributed by atoms with Gasteiger partial charge in [-0.2, -0.15) is 0 Å². The molecule has 0 radical (unpaired) electrons. The Morgan fingerprint density at radius 3 is 1.41 bits per heavy atom. The molecule has 2 heteroatoms. The van der Waals surface area contributed by atoms with Crippen LogP contribution >= 0.6 is 0 Å². The fraction of sp³-hybridized carbons (Fsp3) is 0.194. The molecule has 74 heavy (non-hydrogen) atoms. The van der Waals surface area contributed by atoms with Crippen LogP contribution in [0, 0.1) is 13.8 Å². The Bertz CT molecular complexity index is 3990. The van der Waals surface area contributed by atoms with Gasteiger partial charge in [0.1, 0.15) is 0 Å². The first-order valence-corrected chi connectivity index (χ1v) is 27.2. The lowest BCUT2D eigenvalue weighted by Crippen LogP contribution is -2.32. The third-order valence-electron chi connectivity index (χ3n) is 16.6. The maximum atomic E-state index is 2.68. The monoisotopic (exact) mass is 959 g/mol. The number of rotatable bonds is 12. The molecular weight excluding hydrogens is 893 g/mol. The summed E-state index contributed by atoms with van der Waals surface area (Å²) in [6, 6.07) is 70.2. The van der Waals surface area contributed by atoms with Gasteiger partial charge in [-0.3, -0.25) is 0 Å². The summed E-state index contributed by atoms with van der Waals surface area (Å²) in [6.07, 6.45) is 7.54. The number of hydrogen-bond acceptors (Lipinski definition) is 2. The van der Waals surface area contributed by atoms with Crippen LogP contribution in [0.4, 0.5) is 28.4 Å². The van der Waals surface area contributed by atoms with Crippen molar-refractivity contribution in [3.8, 4) is 22.3 Å². The quantitative estimate of drug-likeness (QED) is 0.113. The van der Waals surface area contributed by atoms with Crippen molar-refractivity contribution in [2.24, 2.45) is 0 Å². The van der Waals surface area contributed by atoms with E-state index in [1.807, 2.05) is 0 Å². The third-order valence-corrected chi connectivity index (χ3v) is 16.6. The standard InChI is InChI=1S/C72H66N2/c1-9-49-21-29-57(30-22-49)73(59-37-45(5)61(11-3)46(6)38-59)69-43-67(55-27-25-51-17-13-15-19-53(51)41-55)63-34-36-66-70(74(58-31-23-50(10-2)24-32-58)60-39-47(7)62(12-4)48(8)40-60)44-68(64-33-35-65(69)71(63)72(64)66)56-28-26-52-18-14-16-20-54(52)42-56/h13-39,41-44,60H,9-12,40H2,1-8H3. The second-order valence-electron chi connectivity index (χ2n) is 21.0. The van der Waals surface area contributed by atoms with E-state index in [-0.39, 0.29) is 6.04 Å². The summed E-state index contributed by atoms with van der Waals surface area (Å²) in [5, 5.41) is 12.6. The van der Waals surface area contributed by atoms with Gasteiger partial charge in [0.25, 0.3) is 0 Å². The summed E-state index contributed by atoms with van der Waals surface area (Å²) in [5.74, 6) is 0. The molecule has 0 bridgehead atoms. The van der Waals surface area contributed by atoms with Crippen LogP contribution in [0.3, 0.4) is 0 Å². The van der Waals surface area contributed by atoms with Crippen LogP contribution in [-0.4, -0.2) is 6.04 Å². The highest BCUT2D eigenvalue weighted by atomic mass is 15.2. The Morgan fingerprint density at radius 1 is 0.419 bits per heavy atom. The average Bonchev–Trinajstić information content (AvgIpc) is 3.43. The summed E-state index contributed by atoms with van der Waals surface area (Å²) < 4.78 is 0. The van der Waals surface area contributed by atoms with Crippen molar-refractivity contribution >= 4 is 82.3 Å². The smallest absolute Gasteiger partial charge is 0.0565 e. The Morgan fingerprint density at radius 2 is 0.905 bits per heavy atom. The third kappa shape index (κ3) is 8.03. The molecule has 0 aliphatic heterocycles. The highest BCUT2D eigenvalue weighted by Crippen LogP contribution is 2.52. The predicted octanol–water partition coefficient (Wildman–Crippen LogP) is 20.6. The molecule has 12 rings (SSSR count). The van der Waals surface area contributed by atoms with Crippen LogP contribution in [-0.2, 0) is 19.3 Å². The molecule has 2 nitrogen and oxygen atoms in total. The summed E-state index contributed by atoms with van der Waals surface area (Å²) in [6.45, 7) is 18.3. The molecule has 11 aromatic rings. The van der Waals surface area contributed by atoms with Crippen molar-refractivity contribution < 1.29 is 0 Å². The molecule has 364 valence electrons. The predicted molar refractivity (Wildman–Crippen MR) is 322 cm³/mol. The van der Waals surface area contributed by atoms with Gasteiger partial charge in [-0.05, 0) is 214 Å². The first-order chi connectivity index (χ1) is 36.1. The second kappa shape index (κ2) is 19.2. The zero-order valence-corrected chi connectivity index (χ0v) is 44.4. The Kier molecular flexibility index (Phi) is 12.2. The van der Waals surface area contributed by atoms with Gasteiger partial charge in [-0.25, -0.2) is 0 Å². The van der Waals surface area contributed by atoms with Gasteiger partial charge in [0.15, 0.2) is 0 Å². The van der Waals surface area contributed by atoms with Crippen LogP contribution < -0.4 is 9.80 Å². The fourth-order valence-electron chi connectivity index (χ4n) is 12.9. The van der Waals surface area contributed by atoms with E-state index in [9.17, 15) is 0 Å². The highest BCUT2D eigenvalue weighted by Gasteiger charge is 2.30. The minimum Gasteiger partial charge on any atom is -0.334 e. The molecule has 0 heterocycles. The molecule has 0 fully saturated rings. The Hall–Kier alpha value is -7.94. The van der Waals surface area contributed by atoms with Gasteiger partial charge in [0.05, 0.1) is 17.4 Å². The van der Waals surface area contributed by atoms with Gasteiger partial charge in [-0.1, -0.05) is 161 Å². The number of anilines is 5. The van der Waals surface area contributed by atoms with E-state index < -0.39 is 0 Å². The van der Waals surface area contributed by atoms with Crippen molar-refractivity contribution in [1.29, 1.82) is 0 Å². The molecule has 1 aliphatic rings. The van der Waals surface area contributed by atoms with Crippen molar-refractivity contribution in [3.05, 3.63) is 233 Å². The van der Waals surface area contributed by atoms with Crippen molar-refractivity contribution in [2.75, 3.05) is 9.80 Å². The average molecular weight is 959 g/mol. The lowest BCUT2D eigenvalue weighted by molar-refractivity contribution is 0.735. The Balaban J connectivity index is 1.24. The van der Waals surface area contributed by atoms with Gasteiger partial charge in [0, 0.05) is 38.6 Å². The van der Waals surface area contributed by atoms with E-state index >= 15 is 0 Å². The molecule has 0 amide bonds. The largest absolute Gasteiger partial charge is 0.334 e. The van der Waals surface area contributed by atoms with Gasteiger partial charge in [-0.15, -0.1) is 0 Å². The first kappa shape index (κ1) is 47.1. The zero-order valence-electron chi connectivity index (χ0n) is 44.4. The van der Waals surface area contributed by atoms with Gasteiger partial charge in [0.2, 0.25) is 0 Å². The van der Waals surface area contributed by atoms with E-state index in [1.54, 1.807) is 0 Å². The summed E-state index contributed by atoms with van der Waals surface area (Å²) in [4.78, 5) is 5.24. The zero-order chi connectivity index (χ0) is 50.8. The minimum absolute atomic E-state index is 0.114.